The van der Waals surface area contributed by atoms with Crippen LogP contribution in [-0.4, -0.2) is 33.6 Å². The van der Waals surface area contributed by atoms with Crippen molar-refractivity contribution in [3.63, 3.8) is 0 Å². The van der Waals surface area contributed by atoms with Gasteiger partial charge in [-0.1, -0.05) is 22.0 Å². The van der Waals surface area contributed by atoms with Crippen LogP contribution in [0.5, 0.6) is 0 Å². The van der Waals surface area contributed by atoms with Gasteiger partial charge in [0.05, 0.1) is 11.0 Å². The number of amides is 1. The Morgan fingerprint density at radius 3 is 2.67 bits per heavy atom. The number of nitrogens with one attached hydrogen (secondary N) is 2. The van der Waals surface area contributed by atoms with E-state index in [4.69, 9.17) is 4.74 Å². The standard InChI is InChI=1S/C19H21BrN2O4S/c20-15-6-8-16(9-7-15)22-27(24,25)18-5-1-3-14(13-18)19(23)21-11-10-17-4-2-12-26-17/h1,3,5-9,13,17,22H,2,4,10-12H2,(H,21,23). The number of ether oxygens (including phenoxy) is 1. The average Bonchev–Trinajstić information content (AvgIpc) is 3.17. The Morgan fingerprint density at radius 1 is 1.19 bits per heavy atom. The van der Waals surface area contributed by atoms with E-state index in [0.717, 1.165) is 30.3 Å². The summed E-state index contributed by atoms with van der Waals surface area (Å²) in [5.74, 6) is -0.298. The molecule has 27 heavy (non-hydrogen) atoms. The van der Waals surface area contributed by atoms with Gasteiger partial charge in [0, 0.05) is 28.9 Å². The van der Waals surface area contributed by atoms with E-state index in [1.54, 1.807) is 36.4 Å². The zero-order valence-corrected chi connectivity index (χ0v) is 17.1. The van der Waals surface area contributed by atoms with Gasteiger partial charge in [0.2, 0.25) is 0 Å². The number of benzene rings is 2. The summed E-state index contributed by atoms with van der Waals surface area (Å²) < 4.78 is 34.0. The Morgan fingerprint density at radius 2 is 1.96 bits per heavy atom. The van der Waals surface area contributed by atoms with Crippen LogP contribution in [0.15, 0.2) is 57.9 Å². The van der Waals surface area contributed by atoms with Crippen molar-refractivity contribution in [3.05, 3.63) is 58.6 Å². The molecule has 1 heterocycles. The molecule has 0 spiro atoms. The molecule has 2 N–H and O–H groups in total. The molecular formula is C19H21BrN2O4S. The Labute approximate surface area is 167 Å². The molecule has 0 radical (unpaired) electrons. The van der Waals surface area contributed by atoms with Crippen LogP contribution in [0.2, 0.25) is 0 Å². The first-order chi connectivity index (χ1) is 12.9. The van der Waals surface area contributed by atoms with Gasteiger partial charge < -0.3 is 10.1 Å². The molecule has 6 nitrogen and oxygen atoms in total. The molecule has 1 atom stereocenters. The van der Waals surface area contributed by atoms with Crippen LogP contribution in [0.3, 0.4) is 0 Å². The number of anilines is 1. The fourth-order valence-electron chi connectivity index (χ4n) is 2.86. The van der Waals surface area contributed by atoms with Crippen LogP contribution in [0.25, 0.3) is 0 Å². The van der Waals surface area contributed by atoms with E-state index < -0.39 is 10.0 Å². The van der Waals surface area contributed by atoms with E-state index in [9.17, 15) is 13.2 Å². The van der Waals surface area contributed by atoms with Gasteiger partial charge in [-0.15, -0.1) is 0 Å². The third-order valence-corrected chi connectivity index (χ3v) is 6.19. The van der Waals surface area contributed by atoms with Gasteiger partial charge in [-0.2, -0.15) is 0 Å². The van der Waals surface area contributed by atoms with Gasteiger partial charge in [0.1, 0.15) is 0 Å². The molecule has 2 aromatic rings. The molecule has 1 aliphatic heterocycles. The van der Waals surface area contributed by atoms with Gasteiger partial charge in [-0.25, -0.2) is 8.42 Å². The summed E-state index contributed by atoms with van der Waals surface area (Å²) in [7, 11) is -3.78. The second-order valence-electron chi connectivity index (χ2n) is 6.32. The maximum Gasteiger partial charge on any atom is 0.261 e. The van der Waals surface area contributed by atoms with Crippen LogP contribution < -0.4 is 10.0 Å². The van der Waals surface area contributed by atoms with Crippen molar-refractivity contribution in [1.29, 1.82) is 0 Å². The molecule has 1 amide bonds. The molecule has 3 rings (SSSR count). The quantitative estimate of drug-likeness (QED) is 0.672. The lowest BCUT2D eigenvalue weighted by Gasteiger charge is -2.11. The summed E-state index contributed by atoms with van der Waals surface area (Å²) in [6.45, 7) is 1.28. The molecule has 2 aromatic carbocycles. The molecular weight excluding hydrogens is 432 g/mol. The lowest BCUT2D eigenvalue weighted by Crippen LogP contribution is -2.27. The van der Waals surface area contributed by atoms with Crippen LogP contribution in [0, 0.1) is 0 Å². The van der Waals surface area contributed by atoms with Gasteiger partial charge in [0.15, 0.2) is 0 Å². The van der Waals surface area contributed by atoms with Crippen LogP contribution in [0.1, 0.15) is 29.6 Å². The fraction of sp³-hybridized carbons (Fsp3) is 0.316. The zero-order chi connectivity index (χ0) is 19.3. The molecule has 1 aliphatic rings. The number of hydrogen-bond acceptors (Lipinski definition) is 4. The smallest absolute Gasteiger partial charge is 0.261 e. The van der Waals surface area contributed by atoms with Gasteiger partial charge >= 0.3 is 0 Å². The molecule has 1 fully saturated rings. The highest BCUT2D eigenvalue weighted by atomic mass is 79.9. The Bertz CT molecular complexity index is 894. The van der Waals surface area contributed by atoms with Gasteiger partial charge in [-0.3, -0.25) is 9.52 Å². The van der Waals surface area contributed by atoms with Crippen molar-refractivity contribution in [3.8, 4) is 0 Å². The highest BCUT2D eigenvalue weighted by Gasteiger charge is 2.18. The predicted octanol–water partition coefficient (Wildman–Crippen LogP) is 3.55. The van der Waals surface area contributed by atoms with Crippen molar-refractivity contribution in [2.45, 2.75) is 30.3 Å². The van der Waals surface area contributed by atoms with Crippen LogP contribution in [-0.2, 0) is 14.8 Å². The second kappa shape index (κ2) is 8.86. The van der Waals surface area contributed by atoms with E-state index in [0.29, 0.717) is 17.8 Å². The largest absolute Gasteiger partial charge is 0.378 e. The van der Waals surface area contributed by atoms with Crippen LogP contribution >= 0.6 is 15.9 Å². The number of rotatable bonds is 7. The minimum absolute atomic E-state index is 0.0391. The third kappa shape index (κ3) is 5.54. The normalized spacial score (nSPS) is 16.9. The average molecular weight is 453 g/mol. The molecule has 0 aliphatic carbocycles. The van der Waals surface area contributed by atoms with E-state index in [2.05, 4.69) is 26.0 Å². The first kappa shape index (κ1) is 19.9. The van der Waals surface area contributed by atoms with E-state index in [1.807, 2.05) is 0 Å². The third-order valence-electron chi connectivity index (χ3n) is 4.28. The summed E-state index contributed by atoms with van der Waals surface area (Å²) in [6, 6.07) is 12.8. The fourth-order valence-corrected chi connectivity index (χ4v) is 4.23. The molecule has 0 saturated carbocycles. The molecule has 0 bridgehead atoms. The highest BCUT2D eigenvalue weighted by molar-refractivity contribution is 9.10. The molecule has 8 heteroatoms. The van der Waals surface area contributed by atoms with Crippen molar-refractivity contribution in [2.75, 3.05) is 17.9 Å². The molecule has 0 aromatic heterocycles. The maximum absolute atomic E-state index is 12.6. The highest BCUT2D eigenvalue weighted by Crippen LogP contribution is 2.19. The topological polar surface area (TPSA) is 84.5 Å². The van der Waals surface area contributed by atoms with E-state index in [-0.39, 0.29) is 16.9 Å². The van der Waals surface area contributed by atoms with Crippen molar-refractivity contribution in [1.82, 2.24) is 5.32 Å². The summed E-state index contributed by atoms with van der Waals surface area (Å²) in [6.07, 6.45) is 3.04. The molecule has 1 unspecified atom stereocenters. The number of carbonyl (C=O) groups is 1. The van der Waals surface area contributed by atoms with Crippen molar-refractivity contribution >= 4 is 37.5 Å². The van der Waals surface area contributed by atoms with Crippen molar-refractivity contribution in [2.24, 2.45) is 0 Å². The zero-order valence-electron chi connectivity index (χ0n) is 14.7. The molecule has 1 saturated heterocycles. The number of hydrogen-bond donors (Lipinski definition) is 2. The number of sulfonamides is 1. The Kier molecular flexibility index (Phi) is 6.51. The van der Waals surface area contributed by atoms with E-state index >= 15 is 0 Å². The number of carbonyl (C=O) groups excluding carboxylic acids is 1. The predicted molar refractivity (Wildman–Crippen MR) is 107 cm³/mol. The SMILES string of the molecule is O=C(NCCC1CCCO1)c1cccc(S(=O)(=O)Nc2ccc(Br)cc2)c1. The lowest BCUT2D eigenvalue weighted by atomic mass is 10.1. The second-order valence-corrected chi connectivity index (χ2v) is 8.92. The number of halogens is 1. The summed E-state index contributed by atoms with van der Waals surface area (Å²) in [4.78, 5) is 12.4. The van der Waals surface area contributed by atoms with Crippen molar-refractivity contribution < 1.29 is 17.9 Å². The summed E-state index contributed by atoms with van der Waals surface area (Å²) >= 11 is 3.31. The lowest BCUT2D eigenvalue weighted by molar-refractivity contribution is 0.0907. The maximum atomic E-state index is 12.6. The minimum atomic E-state index is -3.78. The first-order valence-electron chi connectivity index (χ1n) is 8.72. The van der Waals surface area contributed by atoms with Gasteiger partial charge in [-0.05, 0) is 61.7 Å². The summed E-state index contributed by atoms with van der Waals surface area (Å²) in [5, 5.41) is 2.82. The Balaban J connectivity index is 1.64. The Hall–Kier alpha value is -1.90. The van der Waals surface area contributed by atoms with Crippen LogP contribution in [0.4, 0.5) is 5.69 Å². The molecule has 144 valence electrons. The minimum Gasteiger partial charge on any atom is -0.378 e. The van der Waals surface area contributed by atoms with Gasteiger partial charge in [0.25, 0.3) is 15.9 Å². The van der Waals surface area contributed by atoms with E-state index in [1.165, 1.54) is 12.1 Å². The monoisotopic (exact) mass is 452 g/mol. The summed E-state index contributed by atoms with van der Waals surface area (Å²) in [5.41, 5.74) is 0.755. The first-order valence-corrected chi connectivity index (χ1v) is 11.0.